The van der Waals surface area contributed by atoms with Crippen molar-refractivity contribution < 1.29 is 4.39 Å². The lowest BCUT2D eigenvalue weighted by atomic mass is 9.75. The van der Waals surface area contributed by atoms with E-state index >= 15 is 0 Å². The van der Waals surface area contributed by atoms with Gasteiger partial charge in [0.05, 0.1) is 5.54 Å². The van der Waals surface area contributed by atoms with Crippen molar-refractivity contribution in [2.75, 3.05) is 16.8 Å². The molecule has 0 atom stereocenters. The topological polar surface area (TPSA) is 16.1 Å². The number of fused-ring (bicyclic) bond motifs is 1. The lowest BCUT2D eigenvalue weighted by Crippen LogP contribution is -2.48. The maximum absolute atomic E-state index is 13.6. The Morgan fingerprint density at radius 3 is 3.07 bits per heavy atom. The largest absolute Gasteiger partial charge is 0.347 e. The molecule has 2 saturated heterocycles. The van der Waals surface area contributed by atoms with Gasteiger partial charge in [0.2, 0.25) is 0 Å². The van der Waals surface area contributed by atoms with Crippen LogP contribution in [0.15, 0.2) is 18.3 Å². The summed E-state index contributed by atoms with van der Waals surface area (Å²) in [7, 11) is 0. The van der Waals surface area contributed by atoms with Crippen molar-refractivity contribution in [1.82, 2.24) is 4.98 Å². The fourth-order valence-electron chi connectivity index (χ4n) is 2.88. The van der Waals surface area contributed by atoms with Crippen LogP contribution in [0.1, 0.15) is 12.8 Å². The molecule has 0 radical (unpaired) electrons. The van der Waals surface area contributed by atoms with Gasteiger partial charge in [0.25, 0.3) is 0 Å². The van der Waals surface area contributed by atoms with E-state index in [-0.39, 0.29) is 11.4 Å². The predicted octanol–water partition coefficient (Wildman–Crippen LogP) is 2.58. The van der Waals surface area contributed by atoms with Crippen molar-refractivity contribution in [2.45, 2.75) is 18.4 Å². The fourth-order valence-corrected chi connectivity index (χ4v) is 3.65. The van der Waals surface area contributed by atoms with E-state index in [1.54, 1.807) is 12.3 Å². The van der Waals surface area contributed by atoms with Crippen LogP contribution in [0.5, 0.6) is 0 Å². The zero-order valence-corrected chi connectivity index (χ0v) is 9.87. The third-order valence-electron chi connectivity index (χ3n) is 3.59. The molecule has 2 aliphatic heterocycles. The molecule has 0 spiro atoms. The zero-order chi connectivity index (χ0) is 10.5. The minimum Gasteiger partial charge on any atom is -0.347 e. The van der Waals surface area contributed by atoms with Crippen LogP contribution in [0, 0.1) is 11.7 Å². The average molecular weight is 271 g/mol. The summed E-state index contributed by atoms with van der Waals surface area (Å²) < 4.78 is 13.6. The summed E-state index contributed by atoms with van der Waals surface area (Å²) in [4.78, 5) is 6.30. The second-order valence-electron chi connectivity index (χ2n) is 4.55. The van der Waals surface area contributed by atoms with Crippen molar-refractivity contribution in [3.8, 4) is 0 Å². The summed E-state index contributed by atoms with van der Waals surface area (Å²) in [5.41, 5.74) is 0.139. The van der Waals surface area contributed by atoms with Gasteiger partial charge in [-0.1, -0.05) is 15.9 Å². The standard InChI is InChI=1S/C11H12BrFN2/c12-7-11-4-8(5-11)6-15(11)10-9(13)2-1-3-14-10/h1-3,8H,4-7H2. The molecule has 1 saturated carbocycles. The van der Waals surface area contributed by atoms with E-state index in [4.69, 9.17) is 0 Å². The van der Waals surface area contributed by atoms with Gasteiger partial charge in [-0.15, -0.1) is 0 Å². The molecule has 3 heterocycles. The third-order valence-corrected chi connectivity index (χ3v) is 4.64. The number of alkyl halides is 1. The van der Waals surface area contributed by atoms with E-state index in [0.29, 0.717) is 5.82 Å². The van der Waals surface area contributed by atoms with Gasteiger partial charge in [0.1, 0.15) is 0 Å². The number of halogens is 2. The fraction of sp³-hybridized carbons (Fsp3) is 0.545. The number of nitrogens with zero attached hydrogens (tertiary/aromatic N) is 2. The molecule has 80 valence electrons. The maximum atomic E-state index is 13.6. The van der Waals surface area contributed by atoms with Gasteiger partial charge in [0.15, 0.2) is 11.6 Å². The first-order chi connectivity index (χ1) is 7.25. The average Bonchev–Trinajstić information content (AvgIpc) is 2.72. The molecule has 1 aliphatic carbocycles. The second-order valence-corrected chi connectivity index (χ2v) is 5.11. The van der Waals surface area contributed by atoms with Crippen LogP contribution in [-0.4, -0.2) is 22.4 Å². The van der Waals surface area contributed by atoms with Gasteiger partial charge in [-0.25, -0.2) is 9.37 Å². The Bertz CT molecular complexity index is 390. The summed E-state index contributed by atoms with van der Waals surface area (Å²) in [6.07, 6.45) is 4.01. The Balaban J connectivity index is 1.98. The predicted molar refractivity (Wildman–Crippen MR) is 60.8 cm³/mol. The van der Waals surface area contributed by atoms with Crippen molar-refractivity contribution in [2.24, 2.45) is 5.92 Å². The van der Waals surface area contributed by atoms with Gasteiger partial charge in [-0.3, -0.25) is 0 Å². The Morgan fingerprint density at radius 1 is 1.60 bits per heavy atom. The molecule has 0 N–H and O–H groups in total. The molecule has 0 amide bonds. The highest BCUT2D eigenvalue weighted by Crippen LogP contribution is 2.52. The van der Waals surface area contributed by atoms with E-state index in [1.807, 2.05) is 0 Å². The summed E-state index contributed by atoms with van der Waals surface area (Å²) in [6, 6.07) is 3.13. The third kappa shape index (κ3) is 1.24. The molecular weight excluding hydrogens is 259 g/mol. The van der Waals surface area contributed by atoms with Crippen LogP contribution in [0.4, 0.5) is 10.2 Å². The van der Waals surface area contributed by atoms with Crippen LogP contribution in [0.25, 0.3) is 0 Å². The lowest BCUT2D eigenvalue weighted by Gasteiger charge is -2.41. The second kappa shape index (κ2) is 3.17. The van der Waals surface area contributed by atoms with Crippen LogP contribution in [0.2, 0.25) is 0 Å². The van der Waals surface area contributed by atoms with Gasteiger partial charge in [-0.2, -0.15) is 0 Å². The minimum atomic E-state index is -0.203. The summed E-state index contributed by atoms with van der Waals surface area (Å²) in [5, 5.41) is 0.909. The smallest absolute Gasteiger partial charge is 0.165 e. The van der Waals surface area contributed by atoms with Crippen LogP contribution < -0.4 is 4.90 Å². The molecule has 3 fully saturated rings. The molecular formula is C11H12BrFN2. The van der Waals surface area contributed by atoms with Crippen molar-refractivity contribution >= 4 is 21.7 Å². The molecule has 1 aromatic heterocycles. The Labute approximate surface area is 96.6 Å². The number of rotatable bonds is 2. The molecule has 4 rings (SSSR count). The highest BCUT2D eigenvalue weighted by Gasteiger charge is 2.56. The molecule has 3 aliphatic rings. The Kier molecular flexibility index (Phi) is 2.03. The van der Waals surface area contributed by atoms with Crippen molar-refractivity contribution in [3.05, 3.63) is 24.1 Å². The Morgan fingerprint density at radius 2 is 2.40 bits per heavy atom. The maximum Gasteiger partial charge on any atom is 0.165 e. The van der Waals surface area contributed by atoms with E-state index in [0.717, 1.165) is 17.8 Å². The van der Waals surface area contributed by atoms with Gasteiger partial charge >= 0.3 is 0 Å². The highest BCUT2D eigenvalue weighted by atomic mass is 79.9. The van der Waals surface area contributed by atoms with E-state index in [2.05, 4.69) is 25.8 Å². The molecule has 2 bridgehead atoms. The van der Waals surface area contributed by atoms with E-state index < -0.39 is 0 Å². The highest BCUT2D eigenvalue weighted by molar-refractivity contribution is 9.09. The number of pyridine rings is 1. The molecule has 2 nitrogen and oxygen atoms in total. The SMILES string of the molecule is Fc1cccnc1N1CC2CC1(CBr)C2. The number of aromatic nitrogens is 1. The quantitative estimate of drug-likeness (QED) is 0.768. The molecule has 15 heavy (non-hydrogen) atoms. The number of hydrogen-bond acceptors (Lipinski definition) is 2. The van der Waals surface area contributed by atoms with Gasteiger partial charge in [-0.05, 0) is 30.9 Å². The number of hydrogen-bond donors (Lipinski definition) is 0. The molecule has 0 unspecified atom stereocenters. The van der Waals surface area contributed by atoms with Crippen LogP contribution in [-0.2, 0) is 0 Å². The normalized spacial score (nSPS) is 32.9. The monoisotopic (exact) mass is 270 g/mol. The first kappa shape index (κ1) is 9.58. The van der Waals surface area contributed by atoms with Crippen LogP contribution >= 0.6 is 15.9 Å². The molecule has 0 aromatic carbocycles. The van der Waals surface area contributed by atoms with Gasteiger partial charge < -0.3 is 4.90 Å². The van der Waals surface area contributed by atoms with E-state index in [1.165, 1.54) is 18.9 Å². The number of anilines is 1. The molecule has 1 aromatic rings. The first-order valence-electron chi connectivity index (χ1n) is 5.19. The van der Waals surface area contributed by atoms with Crippen molar-refractivity contribution in [3.63, 3.8) is 0 Å². The zero-order valence-electron chi connectivity index (χ0n) is 8.29. The lowest BCUT2D eigenvalue weighted by molar-refractivity contribution is 0.273. The molecule has 4 heteroatoms. The summed E-state index contributed by atoms with van der Waals surface area (Å²) >= 11 is 3.54. The van der Waals surface area contributed by atoms with Crippen LogP contribution in [0.3, 0.4) is 0 Å². The van der Waals surface area contributed by atoms with E-state index in [9.17, 15) is 4.39 Å². The van der Waals surface area contributed by atoms with Gasteiger partial charge in [0, 0.05) is 18.1 Å². The first-order valence-corrected chi connectivity index (χ1v) is 6.31. The Hall–Kier alpha value is -0.640. The van der Waals surface area contributed by atoms with Crippen molar-refractivity contribution in [1.29, 1.82) is 0 Å². The summed E-state index contributed by atoms with van der Waals surface area (Å²) in [6.45, 7) is 0.958. The summed E-state index contributed by atoms with van der Waals surface area (Å²) in [5.74, 6) is 1.06. The minimum absolute atomic E-state index is 0.139.